The van der Waals surface area contributed by atoms with Crippen LogP contribution in [0.25, 0.3) is 6.08 Å². The Kier molecular flexibility index (Phi) is 2.95. The molecule has 0 atom stereocenters. The Labute approximate surface area is 69.0 Å². The van der Waals surface area contributed by atoms with Gasteiger partial charge in [0.15, 0.2) is 0 Å². The molecule has 1 heterocycles. The van der Waals surface area contributed by atoms with Crippen LogP contribution in [0.1, 0.15) is 12.1 Å². The van der Waals surface area contributed by atoms with Crippen molar-refractivity contribution in [3.8, 4) is 0 Å². The molecule has 0 spiro atoms. The standard InChI is InChI=1S/C8H8N2O2/c11-4-2-1-3-7-5-10-8(12)6-9-7/h1,3-6H,2H2,(H,10,12). The molecule has 0 aromatic carbocycles. The highest BCUT2D eigenvalue weighted by molar-refractivity contribution is 5.56. The first-order valence-corrected chi connectivity index (χ1v) is 3.48. The van der Waals surface area contributed by atoms with Crippen molar-refractivity contribution in [2.24, 2.45) is 0 Å². The van der Waals surface area contributed by atoms with Gasteiger partial charge < -0.3 is 9.78 Å². The lowest BCUT2D eigenvalue weighted by Gasteiger charge is -1.87. The molecule has 0 aliphatic carbocycles. The fourth-order valence-electron chi connectivity index (χ4n) is 0.688. The van der Waals surface area contributed by atoms with Crippen LogP contribution >= 0.6 is 0 Å². The highest BCUT2D eigenvalue weighted by atomic mass is 16.1. The minimum Gasteiger partial charge on any atom is -0.326 e. The van der Waals surface area contributed by atoms with Gasteiger partial charge in [0, 0.05) is 12.6 Å². The smallest absolute Gasteiger partial charge is 0.266 e. The molecule has 0 saturated carbocycles. The number of nitrogens with zero attached hydrogens (tertiary/aromatic N) is 1. The van der Waals surface area contributed by atoms with Crippen LogP contribution in [0.5, 0.6) is 0 Å². The SMILES string of the molecule is O=CCC=Cc1c[nH]c(=O)cn1. The molecule has 1 rings (SSSR count). The Hall–Kier alpha value is -1.71. The molecule has 0 amide bonds. The molecule has 12 heavy (non-hydrogen) atoms. The third-order valence-corrected chi connectivity index (χ3v) is 1.21. The number of aromatic nitrogens is 2. The third-order valence-electron chi connectivity index (χ3n) is 1.21. The Morgan fingerprint density at radius 2 is 2.42 bits per heavy atom. The third kappa shape index (κ3) is 2.49. The second-order valence-corrected chi connectivity index (χ2v) is 2.14. The van der Waals surface area contributed by atoms with Crippen LogP contribution in [0.4, 0.5) is 0 Å². The molecule has 0 fully saturated rings. The van der Waals surface area contributed by atoms with Gasteiger partial charge in [-0.15, -0.1) is 0 Å². The van der Waals surface area contributed by atoms with Gasteiger partial charge in [-0.1, -0.05) is 6.08 Å². The van der Waals surface area contributed by atoms with Gasteiger partial charge in [0.05, 0.1) is 11.9 Å². The fourth-order valence-corrected chi connectivity index (χ4v) is 0.688. The Morgan fingerprint density at radius 1 is 1.58 bits per heavy atom. The van der Waals surface area contributed by atoms with Crippen LogP contribution in [-0.2, 0) is 4.79 Å². The van der Waals surface area contributed by atoms with Crippen LogP contribution in [0, 0.1) is 0 Å². The molecule has 4 heteroatoms. The Morgan fingerprint density at radius 3 is 3.00 bits per heavy atom. The van der Waals surface area contributed by atoms with Gasteiger partial charge in [-0.3, -0.25) is 4.79 Å². The quantitative estimate of drug-likeness (QED) is 0.656. The highest BCUT2D eigenvalue weighted by Gasteiger charge is 1.86. The molecule has 0 bridgehead atoms. The monoisotopic (exact) mass is 164 g/mol. The van der Waals surface area contributed by atoms with Crippen molar-refractivity contribution in [3.63, 3.8) is 0 Å². The van der Waals surface area contributed by atoms with E-state index in [2.05, 4.69) is 9.97 Å². The maximum Gasteiger partial charge on any atom is 0.266 e. The van der Waals surface area contributed by atoms with Crippen molar-refractivity contribution in [2.75, 3.05) is 0 Å². The normalized spacial score (nSPS) is 10.3. The molecule has 1 N–H and O–H groups in total. The summed E-state index contributed by atoms with van der Waals surface area (Å²) in [5.41, 5.74) is 0.402. The number of rotatable bonds is 3. The Balaban J connectivity index is 2.70. The summed E-state index contributed by atoms with van der Waals surface area (Å²) in [7, 11) is 0. The first-order chi connectivity index (χ1) is 5.83. The largest absolute Gasteiger partial charge is 0.326 e. The first-order valence-electron chi connectivity index (χ1n) is 3.48. The van der Waals surface area contributed by atoms with Crippen molar-refractivity contribution < 1.29 is 4.79 Å². The van der Waals surface area contributed by atoms with Gasteiger partial charge in [0.2, 0.25) is 0 Å². The number of aromatic amines is 1. The number of hydrogen-bond acceptors (Lipinski definition) is 3. The van der Waals surface area contributed by atoms with Gasteiger partial charge in [0.1, 0.15) is 6.29 Å². The predicted octanol–water partition coefficient (Wildman–Crippen LogP) is 0.372. The van der Waals surface area contributed by atoms with E-state index in [-0.39, 0.29) is 5.56 Å². The number of allylic oxidation sites excluding steroid dienone is 1. The summed E-state index contributed by atoms with van der Waals surface area (Å²) in [5.74, 6) is 0. The molecule has 1 aromatic rings. The minimum atomic E-state index is -0.234. The predicted molar refractivity (Wildman–Crippen MR) is 44.6 cm³/mol. The van der Waals surface area contributed by atoms with Crippen LogP contribution in [0.3, 0.4) is 0 Å². The van der Waals surface area contributed by atoms with E-state index in [1.54, 1.807) is 12.2 Å². The van der Waals surface area contributed by atoms with Crippen molar-refractivity contribution in [2.45, 2.75) is 6.42 Å². The fraction of sp³-hybridized carbons (Fsp3) is 0.125. The van der Waals surface area contributed by atoms with Crippen molar-refractivity contribution in [1.82, 2.24) is 9.97 Å². The van der Waals surface area contributed by atoms with E-state index in [0.29, 0.717) is 12.1 Å². The average molecular weight is 164 g/mol. The number of carbonyl (C=O) groups excluding carboxylic acids is 1. The summed E-state index contributed by atoms with van der Waals surface area (Å²) in [6, 6.07) is 0. The van der Waals surface area contributed by atoms with E-state index in [9.17, 15) is 9.59 Å². The van der Waals surface area contributed by atoms with E-state index >= 15 is 0 Å². The second kappa shape index (κ2) is 4.23. The molecule has 0 aliphatic rings. The van der Waals surface area contributed by atoms with Crippen molar-refractivity contribution in [1.29, 1.82) is 0 Å². The minimum absolute atomic E-state index is 0.234. The van der Waals surface area contributed by atoms with E-state index in [4.69, 9.17) is 0 Å². The Bertz CT molecular complexity index is 321. The lowest BCUT2D eigenvalue weighted by molar-refractivity contribution is -0.107. The van der Waals surface area contributed by atoms with Gasteiger partial charge >= 0.3 is 0 Å². The first kappa shape index (κ1) is 8.39. The van der Waals surface area contributed by atoms with Crippen molar-refractivity contribution >= 4 is 12.4 Å². The molecule has 0 aliphatic heterocycles. The zero-order chi connectivity index (χ0) is 8.81. The zero-order valence-corrected chi connectivity index (χ0v) is 6.36. The molecule has 1 aromatic heterocycles. The molecule has 0 unspecified atom stereocenters. The lowest BCUT2D eigenvalue weighted by atomic mass is 10.3. The number of H-pyrrole nitrogens is 1. The number of hydrogen-bond donors (Lipinski definition) is 1. The van der Waals surface area contributed by atoms with Gasteiger partial charge in [0.25, 0.3) is 5.56 Å². The summed E-state index contributed by atoms with van der Waals surface area (Å²) in [6.45, 7) is 0. The summed E-state index contributed by atoms with van der Waals surface area (Å²) in [5, 5.41) is 0. The summed E-state index contributed by atoms with van der Waals surface area (Å²) in [6.07, 6.45) is 7.19. The van der Waals surface area contributed by atoms with Crippen LogP contribution in [-0.4, -0.2) is 16.3 Å². The van der Waals surface area contributed by atoms with Gasteiger partial charge in [-0.05, 0) is 6.08 Å². The summed E-state index contributed by atoms with van der Waals surface area (Å²) >= 11 is 0. The summed E-state index contributed by atoms with van der Waals surface area (Å²) in [4.78, 5) is 26.7. The maximum absolute atomic E-state index is 10.6. The molecule has 0 saturated heterocycles. The second-order valence-electron chi connectivity index (χ2n) is 2.14. The van der Waals surface area contributed by atoms with Gasteiger partial charge in [-0.25, -0.2) is 4.98 Å². The number of carbonyl (C=O) groups is 1. The molecular formula is C8H8N2O2. The maximum atomic E-state index is 10.6. The van der Waals surface area contributed by atoms with Gasteiger partial charge in [-0.2, -0.15) is 0 Å². The highest BCUT2D eigenvalue weighted by Crippen LogP contribution is 1.92. The van der Waals surface area contributed by atoms with Crippen molar-refractivity contribution in [3.05, 3.63) is 34.5 Å². The van der Waals surface area contributed by atoms with E-state index in [1.165, 1.54) is 12.4 Å². The van der Waals surface area contributed by atoms with E-state index in [1.807, 2.05) is 0 Å². The van der Waals surface area contributed by atoms with E-state index in [0.717, 1.165) is 6.29 Å². The molecular weight excluding hydrogens is 156 g/mol. The number of nitrogens with one attached hydrogen (secondary N) is 1. The van der Waals surface area contributed by atoms with Crippen LogP contribution in [0.15, 0.2) is 23.3 Å². The number of aldehydes is 1. The average Bonchev–Trinajstić information content (AvgIpc) is 2.09. The van der Waals surface area contributed by atoms with E-state index < -0.39 is 0 Å². The van der Waals surface area contributed by atoms with Crippen LogP contribution < -0.4 is 5.56 Å². The zero-order valence-electron chi connectivity index (χ0n) is 6.36. The molecule has 62 valence electrons. The topological polar surface area (TPSA) is 62.8 Å². The molecule has 0 radical (unpaired) electrons. The summed E-state index contributed by atoms with van der Waals surface area (Å²) < 4.78 is 0. The lowest BCUT2D eigenvalue weighted by Crippen LogP contribution is -2.04. The van der Waals surface area contributed by atoms with Crippen LogP contribution in [0.2, 0.25) is 0 Å². The molecule has 4 nitrogen and oxygen atoms in total.